The van der Waals surface area contributed by atoms with Crippen molar-refractivity contribution < 1.29 is 4.74 Å². The molecule has 56 valence electrons. The predicted octanol–water partition coefficient (Wildman–Crippen LogP) is 1.61. The average Bonchev–Trinajstić information content (AvgIpc) is 2.36. The number of thiophene rings is 1. The van der Waals surface area contributed by atoms with Gasteiger partial charge in [0.25, 0.3) is 0 Å². The van der Waals surface area contributed by atoms with E-state index in [1.54, 1.807) is 11.3 Å². The average molecular weight is 157 g/mol. The molecule has 0 unspecified atom stereocenters. The maximum Gasteiger partial charge on any atom is 0.134 e. The molecular weight excluding hydrogens is 146 g/mol. The van der Waals surface area contributed by atoms with Gasteiger partial charge in [-0.05, 0) is 18.4 Å². The van der Waals surface area contributed by atoms with Crippen LogP contribution in [0.3, 0.4) is 0 Å². The molecule has 1 rings (SSSR count). The van der Waals surface area contributed by atoms with E-state index in [1.165, 1.54) is 0 Å². The Balaban J connectivity index is 2.70. The zero-order valence-electron chi connectivity index (χ0n) is 5.96. The van der Waals surface area contributed by atoms with Crippen LogP contribution in [0.2, 0.25) is 0 Å². The van der Waals surface area contributed by atoms with Gasteiger partial charge in [0.1, 0.15) is 5.75 Å². The predicted molar refractivity (Wildman–Crippen MR) is 43.4 cm³/mol. The Morgan fingerprint density at radius 1 is 1.70 bits per heavy atom. The summed E-state index contributed by atoms with van der Waals surface area (Å²) in [5, 5.41) is 1.99. The van der Waals surface area contributed by atoms with Crippen molar-refractivity contribution in [2.24, 2.45) is 5.73 Å². The molecule has 0 spiro atoms. The second-order valence-electron chi connectivity index (χ2n) is 1.85. The van der Waals surface area contributed by atoms with E-state index < -0.39 is 0 Å². The summed E-state index contributed by atoms with van der Waals surface area (Å²) in [7, 11) is 0. The molecule has 0 aliphatic heterocycles. The highest BCUT2D eigenvalue weighted by Gasteiger charge is 2.00. The Morgan fingerprint density at radius 2 is 2.50 bits per heavy atom. The van der Waals surface area contributed by atoms with E-state index in [1.807, 2.05) is 18.4 Å². The first-order valence-electron chi connectivity index (χ1n) is 3.27. The van der Waals surface area contributed by atoms with E-state index in [0.717, 1.165) is 10.6 Å². The fourth-order valence-electron chi connectivity index (χ4n) is 0.762. The molecule has 1 aromatic rings. The topological polar surface area (TPSA) is 35.2 Å². The first-order valence-corrected chi connectivity index (χ1v) is 4.15. The highest BCUT2D eigenvalue weighted by atomic mass is 32.1. The standard InChI is InChI=1S/C7H11NOS/c1-2-9-6-3-4-10-7(6)5-8/h3-4H,2,5,8H2,1H3. The van der Waals surface area contributed by atoms with E-state index in [9.17, 15) is 0 Å². The van der Waals surface area contributed by atoms with Gasteiger partial charge >= 0.3 is 0 Å². The molecular formula is C7H11NOS. The molecule has 0 aliphatic rings. The van der Waals surface area contributed by atoms with Gasteiger partial charge in [-0.25, -0.2) is 0 Å². The van der Waals surface area contributed by atoms with Crippen LogP contribution in [0.1, 0.15) is 11.8 Å². The third-order valence-electron chi connectivity index (χ3n) is 1.19. The molecule has 10 heavy (non-hydrogen) atoms. The largest absolute Gasteiger partial charge is 0.493 e. The molecule has 0 fully saturated rings. The van der Waals surface area contributed by atoms with Crippen LogP contribution in [-0.2, 0) is 6.54 Å². The minimum atomic E-state index is 0.576. The van der Waals surface area contributed by atoms with E-state index in [4.69, 9.17) is 10.5 Å². The van der Waals surface area contributed by atoms with Gasteiger partial charge in [0, 0.05) is 6.54 Å². The normalized spacial score (nSPS) is 9.80. The van der Waals surface area contributed by atoms with Gasteiger partial charge < -0.3 is 10.5 Å². The van der Waals surface area contributed by atoms with Crippen LogP contribution in [0, 0.1) is 0 Å². The number of ether oxygens (including phenoxy) is 1. The van der Waals surface area contributed by atoms with Crippen LogP contribution in [0.15, 0.2) is 11.4 Å². The van der Waals surface area contributed by atoms with Gasteiger partial charge in [-0.2, -0.15) is 0 Å². The summed E-state index contributed by atoms with van der Waals surface area (Å²) in [6, 6.07) is 1.95. The van der Waals surface area contributed by atoms with E-state index in [2.05, 4.69) is 0 Å². The highest BCUT2D eigenvalue weighted by Crippen LogP contribution is 2.23. The minimum Gasteiger partial charge on any atom is -0.493 e. The minimum absolute atomic E-state index is 0.576. The Labute approximate surface area is 64.6 Å². The highest BCUT2D eigenvalue weighted by molar-refractivity contribution is 7.10. The van der Waals surface area contributed by atoms with Crippen molar-refractivity contribution in [2.45, 2.75) is 13.5 Å². The molecule has 2 N–H and O–H groups in total. The Bertz CT molecular complexity index is 197. The monoisotopic (exact) mass is 157 g/mol. The van der Waals surface area contributed by atoms with Crippen LogP contribution >= 0.6 is 11.3 Å². The van der Waals surface area contributed by atoms with Gasteiger partial charge in [-0.1, -0.05) is 0 Å². The van der Waals surface area contributed by atoms with Gasteiger partial charge in [0.15, 0.2) is 0 Å². The summed E-state index contributed by atoms with van der Waals surface area (Å²) in [6.45, 7) is 3.26. The maximum atomic E-state index is 5.46. The summed E-state index contributed by atoms with van der Waals surface area (Å²) in [5.74, 6) is 0.940. The molecule has 0 atom stereocenters. The summed E-state index contributed by atoms with van der Waals surface area (Å²) < 4.78 is 5.30. The van der Waals surface area contributed by atoms with E-state index >= 15 is 0 Å². The van der Waals surface area contributed by atoms with Crippen molar-refractivity contribution in [1.82, 2.24) is 0 Å². The molecule has 1 heterocycles. The molecule has 0 aromatic carbocycles. The summed E-state index contributed by atoms with van der Waals surface area (Å²) >= 11 is 1.64. The fourth-order valence-corrected chi connectivity index (χ4v) is 1.46. The van der Waals surface area contributed by atoms with Crippen LogP contribution in [0.4, 0.5) is 0 Å². The molecule has 2 nitrogen and oxygen atoms in total. The summed E-state index contributed by atoms with van der Waals surface area (Å²) in [4.78, 5) is 1.13. The van der Waals surface area contributed by atoms with Crippen molar-refractivity contribution in [1.29, 1.82) is 0 Å². The lowest BCUT2D eigenvalue weighted by molar-refractivity contribution is 0.338. The number of nitrogens with two attached hydrogens (primary N) is 1. The Hall–Kier alpha value is -0.540. The summed E-state index contributed by atoms with van der Waals surface area (Å²) in [5.41, 5.74) is 5.46. The molecule has 3 heteroatoms. The Morgan fingerprint density at radius 3 is 3.10 bits per heavy atom. The molecule has 0 bridgehead atoms. The zero-order valence-corrected chi connectivity index (χ0v) is 6.78. The second-order valence-corrected chi connectivity index (χ2v) is 2.85. The van der Waals surface area contributed by atoms with Crippen molar-refractivity contribution in [2.75, 3.05) is 6.61 Å². The first-order chi connectivity index (χ1) is 4.88. The molecule has 1 aromatic heterocycles. The van der Waals surface area contributed by atoms with Crippen molar-refractivity contribution in [3.8, 4) is 5.75 Å². The van der Waals surface area contributed by atoms with E-state index in [-0.39, 0.29) is 0 Å². The SMILES string of the molecule is CCOc1ccsc1CN. The van der Waals surface area contributed by atoms with Gasteiger partial charge in [-0.3, -0.25) is 0 Å². The second kappa shape index (κ2) is 3.58. The van der Waals surface area contributed by atoms with Crippen LogP contribution in [0.25, 0.3) is 0 Å². The third-order valence-corrected chi connectivity index (χ3v) is 2.11. The maximum absolute atomic E-state index is 5.46. The number of hydrogen-bond acceptors (Lipinski definition) is 3. The number of hydrogen-bond donors (Lipinski definition) is 1. The van der Waals surface area contributed by atoms with Crippen LogP contribution in [0.5, 0.6) is 5.75 Å². The molecule has 0 aliphatic carbocycles. The molecule has 0 saturated heterocycles. The van der Waals surface area contributed by atoms with Gasteiger partial charge in [-0.15, -0.1) is 11.3 Å². The molecule has 0 amide bonds. The van der Waals surface area contributed by atoms with Crippen molar-refractivity contribution >= 4 is 11.3 Å². The lowest BCUT2D eigenvalue weighted by Gasteiger charge is -2.00. The van der Waals surface area contributed by atoms with Crippen LogP contribution in [-0.4, -0.2) is 6.61 Å². The molecule has 0 saturated carbocycles. The third kappa shape index (κ3) is 1.49. The molecule has 0 radical (unpaired) electrons. The lowest BCUT2D eigenvalue weighted by atomic mass is 10.4. The van der Waals surface area contributed by atoms with Crippen LogP contribution < -0.4 is 10.5 Å². The van der Waals surface area contributed by atoms with Crippen molar-refractivity contribution in [3.63, 3.8) is 0 Å². The van der Waals surface area contributed by atoms with Gasteiger partial charge in [0.2, 0.25) is 0 Å². The smallest absolute Gasteiger partial charge is 0.134 e. The van der Waals surface area contributed by atoms with Crippen molar-refractivity contribution in [3.05, 3.63) is 16.3 Å². The van der Waals surface area contributed by atoms with E-state index in [0.29, 0.717) is 13.2 Å². The van der Waals surface area contributed by atoms with Gasteiger partial charge in [0.05, 0.1) is 11.5 Å². The summed E-state index contributed by atoms with van der Waals surface area (Å²) in [6.07, 6.45) is 0. The first kappa shape index (κ1) is 7.57. The number of rotatable bonds is 3. The lowest BCUT2D eigenvalue weighted by Crippen LogP contribution is -1.97. The quantitative estimate of drug-likeness (QED) is 0.723. The Kier molecular flexibility index (Phi) is 2.71. The fraction of sp³-hybridized carbons (Fsp3) is 0.429. The zero-order chi connectivity index (χ0) is 7.40.